The Morgan fingerprint density at radius 1 is 1.21 bits per heavy atom. The van der Waals surface area contributed by atoms with E-state index in [9.17, 15) is 0 Å². The fourth-order valence-electron chi connectivity index (χ4n) is 2.33. The molecule has 2 heterocycles. The van der Waals surface area contributed by atoms with Crippen molar-refractivity contribution in [1.29, 1.82) is 0 Å². The summed E-state index contributed by atoms with van der Waals surface area (Å²) in [7, 11) is 3.50. The molecule has 1 aromatic carbocycles. The van der Waals surface area contributed by atoms with Gasteiger partial charge in [0.05, 0.1) is 25.7 Å². The Hall–Kier alpha value is -2.19. The molecular formula is C16H18BrN5O2. The second kappa shape index (κ2) is 7.59. The Kier molecular flexibility index (Phi) is 5.27. The van der Waals surface area contributed by atoms with Crippen LogP contribution in [0.25, 0.3) is 11.0 Å². The van der Waals surface area contributed by atoms with Crippen molar-refractivity contribution in [3.05, 3.63) is 40.8 Å². The molecule has 0 amide bonds. The summed E-state index contributed by atoms with van der Waals surface area (Å²) in [5.74, 6) is 1.59. The molecular weight excluding hydrogens is 374 g/mol. The van der Waals surface area contributed by atoms with Gasteiger partial charge in [-0.15, -0.1) is 0 Å². The van der Waals surface area contributed by atoms with Crippen LogP contribution in [-0.2, 0) is 18.4 Å². The summed E-state index contributed by atoms with van der Waals surface area (Å²) in [6, 6.07) is 7.84. The number of nitrogens with zero attached hydrogens (tertiary/aromatic N) is 4. The van der Waals surface area contributed by atoms with Gasteiger partial charge in [0, 0.05) is 13.6 Å². The summed E-state index contributed by atoms with van der Waals surface area (Å²) in [6.45, 7) is 1.76. The van der Waals surface area contributed by atoms with Gasteiger partial charge < -0.3 is 14.8 Å². The molecule has 0 atom stereocenters. The number of ether oxygens (including phenoxy) is 2. The number of aromatic nitrogens is 4. The highest BCUT2D eigenvalue weighted by Crippen LogP contribution is 2.26. The van der Waals surface area contributed by atoms with Crippen molar-refractivity contribution >= 4 is 32.8 Å². The smallest absolute Gasteiger partial charge is 0.164 e. The first-order valence-corrected chi connectivity index (χ1v) is 8.26. The van der Waals surface area contributed by atoms with Gasteiger partial charge in [0.1, 0.15) is 22.5 Å². The van der Waals surface area contributed by atoms with E-state index < -0.39 is 0 Å². The van der Waals surface area contributed by atoms with Gasteiger partial charge in [-0.25, -0.2) is 14.6 Å². The predicted molar refractivity (Wildman–Crippen MR) is 95.1 cm³/mol. The number of benzene rings is 1. The molecule has 0 radical (unpaired) electrons. The van der Waals surface area contributed by atoms with E-state index in [1.807, 2.05) is 31.3 Å². The molecule has 126 valence electrons. The van der Waals surface area contributed by atoms with Gasteiger partial charge in [0.25, 0.3) is 0 Å². The Bertz CT molecular complexity index is 819. The Balaban J connectivity index is 1.51. The molecule has 0 aliphatic heterocycles. The lowest BCUT2D eigenvalue weighted by molar-refractivity contribution is 0.130. The van der Waals surface area contributed by atoms with Crippen LogP contribution >= 0.6 is 15.9 Å². The topological polar surface area (TPSA) is 74.1 Å². The SMILES string of the molecule is COc1ccc(COCCNc2ncnc3c2c(Br)nn3C)cc1. The van der Waals surface area contributed by atoms with Crippen LogP contribution in [0.2, 0.25) is 0 Å². The zero-order valence-corrected chi connectivity index (χ0v) is 15.1. The molecule has 7 nitrogen and oxygen atoms in total. The molecule has 24 heavy (non-hydrogen) atoms. The summed E-state index contributed by atoms with van der Waals surface area (Å²) in [5, 5.41) is 8.44. The van der Waals surface area contributed by atoms with Crippen LogP contribution < -0.4 is 10.1 Å². The lowest BCUT2D eigenvalue weighted by Gasteiger charge is -2.08. The molecule has 8 heteroatoms. The predicted octanol–water partition coefficient (Wildman–Crippen LogP) is 2.76. The molecule has 3 rings (SSSR count). The van der Waals surface area contributed by atoms with Gasteiger partial charge in [-0.1, -0.05) is 12.1 Å². The van der Waals surface area contributed by atoms with Crippen LogP contribution in [0.4, 0.5) is 5.82 Å². The second-order valence-corrected chi connectivity index (χ2v) is 5.91. The molecule has 0 aliphatic rings. The number of hydrogen-bond acceptors (Lipinski definition) is 6. The first-order chi connectivity index (χ1) is 11.7. The third-order valence-electron chi connectivity index (χ3n) is 3.54. The number of fused-ring (bicyclic) bond motifs is 1. The maximum Gasteiger partial charge on any atom is 0.164 e. The highest BCUT2D eigenvalue weighted by atomic mass is 79.9. The van der Waals surface area contributed by atoms with Crippen LogP contribution in [-0.4, -0.2) is 40.0 Å². The standard InChI is InChI=1S/C16H18BrN5O2/c1-22-16-13(14(17)21-22)15(19-10-20-16)18-7-8-24-9-11-3-5-12(23-2)6-4-11/h3-6,10H,7-9H2,1-2H3,(H,18,19,20). The van der Waals surface area contributed by atoms with Crippen molar-refractivity contribution in [3.8, 4) is 5.75 Å². The van der Waals surface area contributed by atoms with Crippen molar-refractivity contribution in [3.63, 3.8) is 0 Å². The number of aryl methyl sites for hydroxylation is 1. The second-order valence-electron chi connectivity index (χ2n) is 5.16. The molecule has 0 bridgehead atoms. The van der Waals surface area contributed by atoms with Gasteiger partial charge >= 0.3 is 0 Å². The van der Waals surface area contributed by atoms with Gasteiger partial charge in [-0.2, -0.15) is 5.10 Å². The van der Waals surface area contributed by atoms with Crippen LogP contribution in [0.5, 0.6) is 5.75 Å². The summed E-state index contributed by atoms with van der Waals surface area (Å²) >= 11 is 3.44. The number of nitrogens with one attached hydrogen (secondary N) is 1. The van der Waals surface area contributed by atoms with Crippen molar-refractivity contribution in [2.75, 3.05) is 25.6 Å². The van der Waals surface area contributed by atoms with Crippen LogP contribution in [0, 0.1) is 0 Å². The molecule has 0 spiro atoms. The summed E-state index contributed by atoms with van der Waals surface area (Å²) in [6.07, 6.45) is 1.52. The lowest BCUT2D eigenvalue weighted by atomic mass is 10.2. The van der Waals surface area contributed by atoms with Crippen molar-refractivity contribution < 1.29 is 9.47 Å². The fourth-order valence-corrected chi connectivity index (χ4v) is 2.93. The largest absolute Gasteiger partial charge is 0.497 e. The first kappa shape index (κ1) is 16.7. The number of hydrogen-bond donors (Lipinski definition) is 1. The summed E-state index contributed by atoms with van der Waals surface area (Å²) in [5.41, 5.74) is 1.88. The zero-order chi connectivity index (χ0) is 16.9. The number of anilines is 1. The maximum absolute atomic E-state index is 5.68. The van der Waals surface area contributed by atoms with Gasteiger partial charge in [-0.3, -0.25) is 0 Å². The van der Waals surface area contributed by atoms with Crippen molar-refractivity contribution in [2.45, 2.75) is 6.61 Å². The zero-order valence-electron chi connectivity index (χ0n) is 13.5. The Morgan fingerprint density at radius 2 is 2.00 bits per heavy atom. The Labute approximate surface area is 148 Å². The van der Waals surface area contributed by atoms with E-state index in [1.54, 1.807) is 11.8 Å². The quantitative estimate of drug-likeness (QED) is 0.624. The highest BCUT2D eigenvalue weighted by molar-refractivity contribution is 9.10. The number of methoxy groups -OCH3 is 1. The Morgan fingerprint density at radius 3 is 2.75 bits per heavy atom. The first-order valence-electron chi connectivity index (χ1n) is 7.47. The lowest BCUT2D eigenvalue weighted by Crippen LogP contribution is -2.11. The molecule has 0 saturated carbocycles. The average molecular weight is 392 g/mol. The van der Waals surface area contributed by atoms with Crippen molar-refractivity contribution in [2.24, 2.45) is 7.05 Å². The monoisotopic (exact) mass is 391 g/mol. The highest BCUT2D eigenvalue weighted by Gasteiger charge is 2.12. The minimum atomic E-state index is 0.557. The van der Waals surface area contributed by atoms with Gasteiger partial charge in [-0.05, 0) is 33.6 Å². The summed E-state index contributed by atoms with van der Waals surface area (Å²) < 4.78 is 13.3. The number of halogens is 1. The van der Waals surface area contributed by atoms with E-state index in [4.69, 9.17) is 9.47 Å². The molecule has 2 aromatic heterocycles. The molecule has 0 fully saturated rings. The van der Waals surface area contributed by atoms with Crippen LogP contribution in [0.3, 0.4) is 0 Å². The normalized spacial score (nSPS) is 11.0. The van der Waals surface area contributed by atoms with E-state index >= 15 is 0 Å². The van der Waals surface area contributed by atoms with Gasteiger partial charge in [0.2, 0.25) is 0 Å². The molecule has 3 aromatic rings. The molecule has 1 N–H and O–H groups in total. The summed E-state index contributed by atoms with van der Waals surface area (Å²) in [4.78, 5) is 8.52. The number of rotatable bonds is 7. The van der Waals surface area contributed by atoms with Gasteiger partial charge in [0.15, 0.2) is 5.65 Å². The average Bonchev–Trinajstić information content (AvgIpc) is 2.90. The molecule has 0 unspecified atom stereocenters. The minimum absolute atomic E-state index is 0.557. The van der Waals surface area contributed by atoms with E-state index in [1.165, 1.54) is 6.33 Å². The van der Waals surface area contributed by atoms with Crippen LogP contribution in [0.1, 0.15) is 5.56 Å². The fraction of sp³-hybridized carbons (Fsp3) is 0.312. The van der Waals surface area contributed by atoms with E-state index in [0.29, 0.717) is 19.8 Å². The van der Waals surface area contributed by atoms with E-state index in [2.05, 4.69) is 36.3 Å². The molecule has 0 aliphatic carbocycles. The van der Waals surface area contributed by atoms with E-state index in [-0.39, 0.29) is 0 Å². The maximum atomic E-state index is 5.68. The van der Waals surface area contributed by atoms with E-state index in [0.717, 1.165) is 32.8 Å². The third-order valence-corrected chi connectivity index (χ3v) is 4.10. The third kappa shape index (κ3) is 3.65. The minimum Gasteiger partial charge on any atom is -0.497 e. The van der Waals surface area contributed by atoms with Crippen molar-refractivity contribution in [1.82, 2.24) is 19.7 Å². The van der Waals surface area contributed by atoms with Crippen LogP contribution in [0.15, 0.2) is 35.2 Å². The molecule has 0 saturated heterocycles.